The zero-order valence-corrected chi connectivity index (χ0v) is 8.61. The second-order valence-corrected chi connectivity index (χ2v) is 3.64. The van der Waals surface area contributed by atoms with E-state index in [0.29, 0.717) is 0 Å². The summed E-state index contributed by atoms with van der Waals surface area (Å²) in [4.78, 5) is 0. The van der Waals surface area contributed by atoms with Crippen molar-refractivity contribution in [2.24, 2.45) is 5.73 Å². The second-order valence-electron chi connectivity index (χ2n) is 2.88. The monoisotopic (exact) mass is 226 g/mol. The van der Waals surface area contributed by atoms with Crippen molar-refractivity contribution >= 4 is 6.21 Å². The summed E-state index contributed by atoms with van der Waals surface area (Å²) < 4.78 is 36.3. The van der Waals surface area contributed by atoms with Gasteiger partial charge in [0.05, 0.1) is 0 Å². The second kappa shape index (κ2) is 7.10. The zero-order valence-electron chi connectivity index (χ0n) is 7.86. The molecule has 14 heavy (non-hydrogen) atoms. The Kier molecular flexibility index (Phi) is 6.98. The van der Waals surface area contributed by atoms with E-state index in [0.717, 1.165) is 19.5 Å². The first-order valence-corrected chi connectivity index (χ1v) is 5.56. The summed E-state index contributed by atoms with van der Waals surface area (Å²) in [5.41, 5.74) is 5.37. The van der Waals surface area contributed by atoms with Gasteiger partial charge in [-0.05, 0) is 6.54 Å². The summed E-state index contributed by atoms with van der Waals surface area (Å²) >= 11 is 0. The SMILES string of the molecule is NCCC[N+]1=CCCC1.[O-][Cl+3]([O-])([O-])[O-]. The van der Waals surface area contributed by atoms with Gasteiger partial charge in [-0.3, -0.25) is 0 Å². The molecule has 1 aliphatic rings. The number of halogens is 1. The Bertz CT molecular complexity index is 175. The maximum atomic E-state index is 8.49. The zero-order chi connectivity index (χ0) is 11.0. The highest BCUT2D eigenvalue weighted by atomic mass is 35.7. The molecule has 0 fully saturated rings. The van der Waals surface area contributed by atoms with E-state index in [2.05, 4.69) is 10.8 Å². The first-order valence-electron chi connectivity index (χ1n) is 4.32. The van der Waals surface area contributed by atoms with E-state index in [9.17, 15) is 0 Å². The van der Waals surface area contributed by atoms with Crippen molar-refractivity contribution in [1.29, 1.82) is 0 Å². The van der Waals surface area contributed by atoms with Crippen LogP contribution in [-0.2, 0) is 0 Å². The highest BCUT2D eigenvalue weighted by molar-refractivity contribution is 5.52. The van der Waals surface area contributed by atoms with Crippen molar-refractivity contribution < 1.29 is 33.5 Å². The molecule has 0 aliphatic carbocycles. The fourth-order valence-corrected chi connectivity index (χ4v) is 1.16. The highest BCUT2D eigenvalue weighted by Gasteiger charge is 2.08. The lowest BCUT2D eigenvalue weighted by Gasteiger charge is -2.17. The Balaban J connectivity index is 0.000000292. The number of nitrogens with zero attached hydrogens (tertiary/aromatic N) is 1. The molecular weight excluding hydrogens is 212 g/mol. The van der Waals surface area contributed by atoms with Crippen LogP contribution in [-0.4, -0.2) is 30.4 Å². The van der Waals surface area contributed by atoms with Gasteiger partial charge in [-0.15, -0.1) is 10.2 Å². The maximum absolute atomic E-state index is 8.49. The first-order chi connectivity index (χ1) is 6.43. The van der Waals surface area contributed by atoms with Gasteiger partial charge in [0.25, 0.3) is 0 Å². The number of hydrogen-bond donors (Lipinski definition) is 1. The molecule has 2 N–H and O–H groups in total. The molecule has 0 radical (unpaired) electrons. The molecule has 0 aromatic rings. The van der Waals surface area contributed by atoms with E-state index in [1.165, 1.54) is 19.4 Å². The van der Waals surface area contributed by atoms with Crippen molar-refractivity contribution in [2.45, 2.75) is 19.3 Å². The number of rotatable bonds is 3. The van der Waals surface area contributed by atoms with Gasteiger partial charge in [-0.25, -0.2) is 23.2 Å². The van der Waals surface area contributed by atoms with Gasteiger partial charge in [0.15, 0.2) is 0 Å². The third-order valence-corrected chi connectivity index (χ3v) is 1.69. The maximum Gasteiger partial charge on any atom is 0.143 e. The molecule has 1 rings (SSSR count). The molecule has 6 nitrogen and oxygen atoms in total. The minimum atomic E-state index is -4.94. The molecule has 7 heteroatoms. The molecule has 0 saturated heterocycles. The van der Waals surface area contributed by atoms with Gasteiger partial charge in [-0.2, -0.15) is 0 Å². The fraction of sp³-hybridized carbons (Fsp3) is 0.857. The van der Waals surface area contributed by atoms with Gasteiger partial charge in [0, 0.05) is 19.3 Å². The highest BCUT2D eigenvalue weighted by Crippen LogP contribution is 1.96. The topological polar surface area (TPSA) is 121 Å². The minimum absolute atomic E-state index is 0.824. The van der Waals surface area contributed by atoms with Crippen molar-refractivity contribution in [1.82, 2.24) is 0 Å². The molecular formula is C7H15ClN2O4. The van der Waals surface area contributed by atoms with Crippen LogP contribution in [0.5, 0.6) is 0 Å². The van der Waals surface area contributed by atoms with Crippen LogP contribution in [0, 0.1) is 10.2 Å². The molecule has 0 spiro atoms. The summed E-state index contributed by atoms with van der Waals surface area (Å²) in [6, 6.07) is 0. The molecule has 1 aliphatic heterocycles. The molecule has 0 amide bonds. The summed E-state index contributed by atoms with van der Waals surface area (Å²) in [5.74, 6) is 0. The van der Waals surface area contributed by atoms with Crippen LogP contribution in [0.15, 0.2) is 0 Å². The first kappa shape index (κ1) is 13.8. The van der Waals surface area contributed by atoms with Gasteiger partial charge in [0.2, 0.25) is 0 Å². The Morgan fingerprint density at radius 3 is 2.21 bits per heavy atom. The van der Waals surface area contributed by atoms with Crippen LogP contribution < -0.4 is 24.4 Å². The molecule has 84 valence electrons. The largest absolute Gasteiger partial charge is 0.330 e. The quantitative estimate of drug-likeness (QED) is 0.486. The van der Waals surface area contributed by atoms with E-state index < -0.39 is 10.2 Å². The van der Waals surface area contributed by atoms with E-state index in [1.807, 2.05) is 0 Å². The van der Waals surface area contributed by atoms with Crippen molar-refractivity contribution in [3.8, 4) is 0 Å². The molecule has 0 bridgehead atoms. The Morgan fingerprint density at radius 1 is 1.29 bits per heavy atom. The van der Waals surface area contributed by atoms with Crippen LogP contribution in [0.3, 0.4) is 0 Å². The van der Waals surface area contributed by atoms with Gasteiger partial charge < -0.3 is 5.73 Å². The minimum Gasteiger partial charge on any atom is -0.330 e. The summed E-state index contributed by atoms with van der Waals surface area (Å²) in [6.45, 7) is 3.24. The Hall–Kier alpha value is -0.240. The molecule has 0 aromatic carbocycles. The van der Waals surface area contributed by atoms with Crippen LogP contribution in [0.2, 0.25) is 0 Å². The average molecular weight is 227 g/mol. The third kappa shape index (κ3) is 11.8. The van der Waals surface area contributed by atoms with Crippen molar-refractivity contribution in [3.63, 3.8) is 0 Å². The van der Waals surface area contributed by atoms with E-state index in [-0.39, 0.29) is 0 Å². The molecule has 0 aromatic heterocycles. The van der Waals surface area contributed by atoms with Gasteiger partial charge in [-0.1, -0.05) is 0 Å². The molecule has 1 heterocycles. The summed E-state index contributed by atoms with van der Waals surface area (Å²) in [7, 11) is -4.94. The predicted octanol–water partition coefficient (Wildman–Crippen LogP) is -4.54. The molecule has 0 unspecified atom stereocenters. The van der Waals surface area contributed by atoms with Crippen LogP contribution in [0.4, 0.5) is 0 Å². The number of nitrogens with two attached hydrogens (primary N) is 1. The van der Waals surface area contributed by atoms with E-state index >= 15 is 0 Å². The molecule has 0 atom stereocenters. The van der Waals surface area contributed by atoms with Crippen LogP contribution in [0.25, 0.3) is 0 Å². The van der Waals surface area contributed by atoms with Crippen molar-refractivity contribution in [2.75, 3.05) is 19.6 Å². The Morgan fingerprint density at radius 2 is 1.86 bits per heavy atom. The molecule has 0 saturated carbocycles. The van der Waals surface area contributed by atoms with Gasteiger partial charge in [0.1, 0.15) is 19.3 Å². The average Bonchev–Trinajstić information content (AvgIpc) is 2.49. The normalized spacial score (nSPS) is 15.9. The van der Waals surface area contributed by atoms with Crippen LogP contribution >= 0.6 is 0 Å². The lowest BCUT2D eigenvalue weighted by molar-refractivity contribution is -2.00. The van der Waals surface area contributed by atoms with Crippen molar-refractivity contribution in [3.05, 3.63) is 0 Å². The fourth-order valence-electron chi connectivity index (χ4n) is 1.16. The standard InChI is InChI=1S/C7H15N2.ClHO4/c8-4-3-7-9-5-1-2-6-9;2-1(3,4)5/h5H,1-4,6-8H2;(H,2,3,4,5)/q+1;/p-1. The smallest absolute Gasteiger partial charge is 0.143 e. The van der Waals surface area contributed by atoms with Gasteiger partial charge >= 0.3 is 0 Å². The van der Waals surface area contributed by atoms with E-state index in [4.69, 9.17) is 24.4 Å². The summed E-state index contributed by atoms with van der Waals surface area (Å²) in [6.07, 6.45) is 6.03. The summed E-state index contributed by atoms with van der Waals surface area (Å²) in [5, 5.41) is 0. The lowest BCUT2D eigenvalue weighted by Crippen LogP contribution is -2.68. The van der Waals surface area contributed by atoms with E-state index in [1.54, 1.807) is 0 Å². The van der Waals surface area contributed by atoms with Crippen LogP contribution in [0.1, 0.15) is 19.3 Å². The lowest BCUT2D eigenvalue weighted by atomic mass is 10.4. The third-order valence-electron chi connectivity index (χ3n) is 1.69. The Labute approximate surface area is 85.0 Å². The predicted molar refractivity (Wildman–Crippen MR) is 39.0 cm³/mol. The number of hydrogen-bond acceptors (Lipinski definition) is 5.